The van der Waals surface area contributed by atoms with Gasteiger partial charge in [0.1, 0.15) is 16.9 Å². The molecule has 0 saturated heterocycles. The smallest absolute Gasteiger partial charge is 0.317 e. The Morgan fingerprint density at radius 3 is 2.50 bits per heavy atom. The molecule has 0 aromatic carbocycles. The molecule has 0 aliphatic heterocycles. The first kappa shape index (κ1) is 9.31. The maximum atomic E-state index is 11.3. The van der Waals surface area contributed by atoms with Gasteiger partial charge in [0.2, 0.25) is 0 Å². The summed E-state index contributed by atoms with van der Waals surface area (Å²) in [6.45, 7) is 1.84. The Kier molecular flexibility index (Phi) is 2.10. The molecule has 0 spiro atoms. The highest BCUT2D eigenvalue weighted by atomic mass is 16.4. The third-order valence-corrected chi connectivity index (χ3v) is 3.08. The Hall–Kier alpha value is -1.25. The van der Waals surface area contributed by atoms with Gasteiger partial charge in [0.05, 0.1) is 0 Å². The first-order valence-electron chi connectivity index (χ1n) is 4.95. The molecule has 1 aromatic heterocycles. The van der Waals surface area contributed by atoms with Gasteiger partial charge < -0.3 is 9.52 Å². The first-order chi connectivity index (χ1) is 6.65. The van der Waals surface area contributed by atoms with Crippen molar-refractivity contribution in [3.05, 3.63) is 23.7 Å². The van der Waals surface area contributed by atoms with Crippen molar-refractivity contribution in [2.75, 3.05) is 0 Å². The summed E-state index contributed by atoms with van der Waals surface area (Å²) in [5, 5.41) is 9.27. The highest BCUT2D eigenvalue weighted by Crippen LogP contribution is 2.41. The fourth-order valence-corrected chi connectivity index (χ4v) is 2.24. The van der Waals surface area contributed by atoms with E-state index in [1.807, 2.05) is 13.0 Å². The van der Waals surface area contributed by atoms with E-state index >= 15 is 0 Å². The van der Waals surface area contributed by atoms with Crippen molar-refractivity contribution >= 4 is 5.97 Å². The minimum Gasteiger partial charge on any atom is -0.480 e. The minimum absolute atomic E-state index is 0.625. The lowest BCUT2D eigenvalue weighted by atomic mass is 9.84. The molecular formula is C11H14O3. The van der Waals surface area contributed by atoms with Gasteiger partial charge in [-0.15, -0.1) is 0 Å². The largest absolute Gasteiger partial charge is 0.480 e. The van der Waals surface area contributed by atoms with Crippen LogP contribution >= 0.6 is 0 Å². The average Bonchev–Trinajstić information content (AvgIpc) is 2.71. The fraction of sp³-hybridized carbons (Fsp3) is 0.545. The average molecular weight is 194 g/mol. The summed E-state index contributed by atoms with van der Waals surface area (Å²) < 4.78 is 5.45. The predicted octanol–water partition coefficient (Wildman–Crippen LogP) is 2.48. The summed E-state index contributed by atoms with van der Waals surface area (Å²) >= 11 is 0. The molecule has 0 atom stereocenters. The van der Waals surface area contributed by atoms with Crippen LogP contribution in [0.15, 0.2) is 16.5 Å². The molecule has 1 N–H and O–H groups in total. The van der Waals surface area contributed by atoms with Crippen molar-refractivity contribution in [2.45, 2.75) is 38.0 Å². The second-order valence-electron chi connectivity index (χ2n) is 4.00. The predicted molar refractivity (Wildman–Crippen MR) is 51.2 cm³/mol. The van der Waals surface area contributed by atoms with Crippen molar-refractivity contribution in [3.8, 4) is 0 Å². The molecule has 3 nitrogen and oxygen atoms in total. The van der Waals surface area contributed by atoms with E-state index in [0.29, 0.717) is 18.6 Å². The number of carboxylic acids is 1. The normalized spacial score (nSPS) is 19.8. The minimum atomic E-state index is -0.746. The zero-order chi connectivity index (χ0) is 10.2. The molecular weight excluding hydrogens is 180 g/mol. The van der Waals surface area contributed by atoms with E-state index in [4.69, 9.17) is 4.42 Å². The van der Waals surface area contributed by atoms with Gasteiger partial charge in [0.25, 0.3) is 0 Å². The molecule has 76 valence electrons. The van der Waals surface area contributed by atoms with Crippen molar-refractivity contribution in [3.63, 3.8) is 0 Å². The topological polar surface area (TPSA) is 50.4 Å². The molecule has 1 saturated carbocycles. The van der Waals surface area contributed by atoms with E-state index in [0.717, 1.165) is 18.6 Å². The second-order valence-corrected chi connectivity index (χ2v) is 4.00. The zero-order valence-electron chi connectivity index (χ0n) is 8.25. The van der Waals surface area contributed by atoms with Gasteiger partial charge in [0.15, 0.2) is 0 Å². The Balaban J connectivity index is 2.41. The van der Waals surface area contributed by atoms with Gasteiger partial charge in [-0.25, -0.2) is 0 Å². The van der Waals surface area contributed by atoms with Crippen LogP contribution in [-0.4, -0.2) is 11.1 Å². The lowest BCUT2D eigenvalue weighted by molar-refractivity contribution is -0.144. The molecule has 0 radical (unpaired) electrons. The van der Waals surface area contributed by atoms with Crippen molar-refractivity contribution < 1.29 is 14.3 Å². The van der Waals surface area contributed by atoms with Gasteiger partial charge in [0, 0.05) is 0 Å². The van der Waals surface area contributed by atoms with Gasteiger partial charge in [-0.1, -0.05) is 12.8 Å². The van der Waals surface area contributed by atoms with Crippen LogP contribution < -0.4 is 0 Å². The van der Waals surface area contributed by atoms with E-state index in [1.54, 1.807) is 6.07 Å². The number of carboxylic acid groups (broad SMARTS) is 1. The van der Waals surface area contributed by atoms with Crippen LogP contribution in [0.25, 0.3) is 0 Å². The van der Waals surface area contributed by atoms with E-state index < -0.39 is 11.4 Å². The molecule has 0 amide bonds. The highest BCUT2D eigenvalue weighted by Gasteiger charge is 2.45. The van der Waals surface area contributed by atoms with Crippen LogP contribution in [0.4, 0.5) is 0 Å². The van der Waals surface area contributed by atoms with E-state index in [1.165, 1.54) is 0 Å². The maximum Gasteiger partial charge on any atom is 0.317 e. The molecule has 1 fully saturated rings. The molecule has 2 rings (SSSR count). The molecule has 14 heavy (non-hydrogen) atoms. The van der Waals surface area contributed by atoms with Gasteiger partial charge in [-0.2, -0.15) is 0 Å². The van der Waals surface area contributed by atoms with Crippen LogP contribution in [0.5, 0.6) is 0 Å². The lowest BCUT2D eigenvalue weighted by Crippen LogP contribution is -2.32. The molecule has 1 aliphatic rings. The van der Waals surface area contributed by atoms with E-state index in [-0.39, 0.29) is 0 Å². The Morgan fingerprint density at radius 1 is 1.43 bits per heavy atom. The summed E-state index contributed by atoms with van der Waals surface area (Å²) in [5.41, 5.74) is -0.742. The Morgan fingerprint density at radius 2 is 2.07 bits per heavy atom. The van der Waals surface area contributed by atoms with Crippen LogP contribution in [0.2, 0.25) is 0 Å². The number of hydrogen-bond acceptors (Lipinski definition) is 2. The third-order valence-electron chi connectivity index (χ3n) is 3.08. The van der Waals surface area contributed by atoms with Gasteiger partial charge in [-0.05, 0) is 31.9 Å². The van der Waals surface area contributed by atoms with Crippen LogP contribution in [0.1, 0.15) is 37.2 Å². The summed E-state index contributed by atoms with van der Waals surface area (Å²) in [4.78, 5) is 11.3. The second kappa shape index (κ2) is 3.15. The highest BCUT2D eigenvalue weighted by molar-refractivity contribution is 5.80. The molecule has 0 unspecified atom stereocenters. The third kappa shape index (κ3) is 1.24. The number of furan rings is 1. The summed E-state index contributed by atoms with van der Waals surface area (Å²) in [6.07, 6.45) is 3.36. The maximum absolute atomic E-state index is 11.3. The lowest BCUT2D eigenvalue weighted by Gasteiger charge is -2.20. The van der Waals surface area contributed by atoms with Crippen LogP contribution in [0.3, 0.4) is 0 Å². The summed E-state index contributed by atoms with van der Waals surface area (Å²) in [5.74, 6) is 0.664. The van der Waals surface area contributed by atoms with Crippen molar-refractivity contribution in [1.29, 1.82) is 0 Å². The molecule has 3 heteroatoms. The molecule has 1 heterocycles. The fourth-order valence-electron chi connectivity index (χ4n) is 2.24. The number of rotatable bonds is 2. The standard InChI is InChI=1S/C11H14O3/c1-8-4-5-9(14-8)11(10(12)13)6-2-3-7-11/h4-5H,2-3,6-7H2,1H3,(H,12,13). The Labute approximate surface area is 82.7 Å². The van der Waals surface area contributed by atoms with Crippen LogP contribution in [-0.2, 0) is 10.2 Å². The quantitative estimate of drug-likeness (QED) is 0.786. The number of aryl methyl sites for hydroxylation is 1. The van der Waals surface area contributed by atoms with E-state index in [9.17, 15) is 9.90 Å². The first-order valence-corrected chi connectivity index (χ1v) is 4.95. The zero-order valence-corrected chi connectivity index (χ0v) is 8.25. The summed E-state index contributed by atoms with van der Waals surface area (Å²) in [7, 11) is 0. The molecule has 0 bridgehead atoms. The Bertz CT molecular complexity index is 345. The number of carbonyl (C=O) groups is 1. The monoisotopic (exact) mass is 194 g/mol. The summed E-state index contributed by atoms with van der Waals surface area (Å²) in [6, 6.07) is 3.63. The SMILES string of the molecule is Cc1ccc(C2(C(=O)O)CCCC2)o1. The van der Waals surface area contributed by atoms with Crippen molar-refractivity contribution in [1.82, 2.24) is 0 Å². The number of hydrogen-bond donors (Lipinski definition) is 1. The van der Waals surface area contributed by atoms with Gasteiger partial charge >= 0.3 is 5.97 Å². The van der Waals surface area contributed by atoms with Crippen molar-refractivity contribution in [2.24, 2.45) is 0 Å². The molecule has 1 aromatic rings. The van der Waals surface area contributed by atoms with Gasteiger partial charge in [-0.3, -0.25) is 4.79 Å². The molecule has 1 aliphatic carbocycles. The van der Waals surface area contributed by atoms with E-state index in [2.05, 4.69) is 0 Å². The number of aliphatic carboxylic acids is 1. The van der Waals surface area contributed by atoms with Crippen LogP contribution in [0, 0.1) is 6.92 Å².